The van der Waals surface area contributed by atoms with E-state index >= 15 is 0 Å². The number of benzene rings is 2. The molecule has 9 nitrogen and oxygen atoms in total. The van der Waals surface area contributed by atoms with Crippen LogP contribution in [0.2, 0.25) is 0 Å². The van der Waals surface area contributed by atoms with E-state index in [1.807, 2.05) is 24.3 Å². The number of ketones is 1. The molecule has 0 spiro atoms. The summed E-state index contributed by atoms with van der Waals surface area (Å²) in [5.74, 6) is -0.596. The molecule has 0 N–H and O–H groups in total. The Kier molecular flexibility index (Phi) is 5.37. The molecule has 0 aliphatic heterocycles. The standard InChI is InChI=1S/C28H21FN6O3/c1-32-21-11-8-18(15-20(21)27(37)35(28(32)38)16-17-6-9-19(29)10-7-17)25(36)26-31-24(22-12-13-30-33(22)2)23-5-3-4-14-34(23)26/h3-15H,16H2,1-2H3. The molecule has 0 saturated carbocycles. The van der Waals surface area contributed by atoms with Crippen molar-refractivity contribution in [3.63, 3.8) is 0 Å². The number of aryl methyl sites for hydroxylation is 2. The van der Waals surface area contributed by atoms with Crippen molar-refractivity contribution in [2.24, 2.45) is 14.1 Å². The van der Waals surface area contributed by atoms with Gasteiger partial charge in [0.1, 0.15) is 11.5 Å². The summed E-state index contributed by atoms with van der Waals surface area (Å²) in [4.78, 5) is 44.8. The third kappa shape index (κ3) is 3.65. The molecule has 0 fully saturated rings. The van der Waals surface area contributed by atoms with Crippen LogP contribution in [0.4, 0.5) is 4.39 Å². The summed E-state index contributed by atoms with van der Waals surface area (Å²) in [5.41, 5.74) is 2.32. The molecule has 0 bridgehead atoms. The predicted octanol–water partition coefficient (Wildman–Crippen LogP) is 3.17. The highest BCUT2D eigenvalue weighted by Gasteiger charge is 2.22. The number of rotatable bonds is 5. The van der Waals surface area contributed by atoms with Crippen molar-refractivity contribution in [3.8, 4) is 11.4 Å². The Balaban J connectivity index is 1.49. The van der Waals surface area contributed by atoms with Crippen molar-refractivity contribution in [2.45, 2.75) is 6.54 Å². The number of pyridine rings is 1. The fraction of sp³-hybridized carbons (Fsp3) is 0.107. The molecular weight excluding hydrogens is 487 g/mol. The highest BCUT2D eigenvalue weighted by Crippen LogP contribution is 2.26. The molecule has 0 unspecified atom stereocenters. The van der Waals surface area contributed by atoms with E-state index in [-0.39, 0.29) is 29.1 Å². The Hall–Kier alpha value is -5.12. The molecule has 4 aromatic heterocycles. The molecule has 0 aliphatic carbocycles. The largest absolute Gasteiger partial charge is 0.331 e. The van der Waals surface area contributed by atoms with Gasteiger partial charge in [0.25, 0.3) is 5.56 Å². The van der Waals surface area contributed by atoms with Crippen LogP contribution < -0.4 is 11.2 Å². The molecule has 38 heavy (non-hydrogen) atoms. The third-order valence-electron chi connectivity index (χ3n) is 6.68. The van der Waals surface area contributed by atoms with Gasteiger partial charge in [-0.1, -0.05) is 18.2 Å². The molecule has 10 heteroatoms. The zero-order valence-corrected chi connectivity index (χ0v) is 20.5. The van der Waals surface area contributed by atoms with Gasteiger partial charge in [-0.15, -0.1) is 0 Å². The van der Waals surface area contributed by atoms with E-state index in [1.165, 1.54) is 34.9 Å². The van der Waals surface area contributed by atoms with Crippen LogP contribution in [-0.2, 0) is 20.6 Å². The second-order valence-electron chi connectivity index (χ2n) is 9.00. The quantitative estimate of drug-likeness (QED) is 0.334. The lowest BCUT2D eigenvalue weighted by Crippen LogP contribution is -2.39. The third-order valence-corrected chi connectivity index (χ3v) is 6.68. The number of aromatic nitrogens is 6. The molecule has 4 heterocycles. The number of halogens is 1. The summed E-state index contributed by atoms with van der Waals surface area (Å²) >= 11 is 0. The van der Waals surface area contributed by atoms with E-state index < -0.39 is 17.1 Å². The van der Waals surface area contributed by atoms with E-state index in [1.54, 1.807) is 47.7 Å². The smallest absolute Gasteiger partial charge is 0.296 e. The average molecular weight is 509 g/mol. The van der Waals surface area contributed by atoms with Crippen molar-refractivity contribution in [2.75, 3.05) is 0 Å². The van der Waals surface area contributed by atoms with Gasteiger partial charge in [0.2, 0.25) is 5.78 Å². The van der Waals surface area contributed by atoms with Crippen LogP contribution in [0.3, 0.4) is 0 Å². The van der Waals surface area contributed by atoms with Crippen LogP contribution in [0.25, 0.3) is 27.8 Å². The lowest BCUT2D eigenvalue weighted by atomic mass is 10.1. The molecule has 6 aromatic rings. The summed E-state index contributed by atoms with van der Waals surface area (Å²) in [7, 11) is 3.37. The number of imidazole rings is 1. The lowest BCUT2D eigenvalue weighted by molar-refractivity contribution is 0.102. The molecule has 0 amide bonds. The summed E-state index contributed by atoms with van der Waals surface area (Å²) in [6.45, 7) is -0.0289. The van der Waals surface area contributed by atoms with Gasteiger partial charge in [-0.05, 0) is 54.1 Å². The van der Waals surface area contributed by atoms with Crippen LogP contribution in [0.15, 0.2) is 88.7 Å². The van der Waals surface area contributed by atoms with Gasteiger partial charge in [-0.25, -0.2) is 14.2 Å². The topological polar surface area (TPSA) is 96.2 Å². The monoisotopic (exact) mass is 508 g/mol. The highest BCUT2D eigenvalue weighted by atomic mass is 19.1. The summed E-state index contributed by atoms with van der Waals surface area (Å²) in [6.07, 6.45) is 3.42. The first-order valence-corrected chi connectivity index (χ1v) is 11.8. The van der Waals surface area contributed by atoms with Gasteiger partial charge < -0.3 is 0 Å². The number of hydrogen-bond acceptors (Lipinski definition) is 5. The zero-order valence-electron chi connectivity index (χ0n) is 20.5. The summed E-state index contributed by atoms with van der Waals surface area (Å²) in [5, 5.41) is 4.43. The van der Waals surface area contributed by atoms with E-state index in [4.69, 9.17) is 0 Å². The number of nitrogens with zero attached hydrogens (tertiary/aromatic N) is 6. The van der Waals surface area contributed by atoms with Gasteiger partial charge in [-0.3, -0.25) is 27.8 Å². The maximum Gasteiger partial charge on any atom is 0.331 e. The van der Waals surface area contributed by atoms with E-state index in [0.29, 0.717) is 16.8 Å². The van der Waals surface area contributed by atoms with Gasteiger partial charge in [0, 0.05) is 32.1 Å². The Morgan fingerprint density at radius 1 is 0.947 bits per heavy atom. The predicted molar refractivity (Wildman–Crippen MR) is 140 cm³/mol. The number of carbonyl (C=O) groups excluding carboxylic acids is 1. The fourth-order valence-corrected chi connectivity index (χ4v) is 4.69. The SMILES string of the molecule is Cn1nccc1-c1nc(C(=O)c2ccc3c(c2)c(=O)n(Cc2ccc(F)cc2)c(=O)n3C)n2ccccc12. The summed E-state index contributed by atoms with van der Waals surface area (Å²) in [6, 6.07) is 17.6. The number of carbonyl (C=O) groups is 1. The van der Waals surface area contributed by atoms with Crippen molar-refractivity contribution in [1.82, 2.24) is 28.3 Å². The number of hydrogen-bond donors (Lipinski definition) is 0. The first-order chi connectivity index (χ1) is 18.3. The molecule has 188 valence electrons. The van der Waals surface area contributed by atoms with Crippen LogP contribution in [-0.4, -0.2) is 34.1 Å². The Morgan fingerprint density at radius 2 is 1.74 bits per heavy atom. The van der Waals surface area contributed by atoms with Crippen molar-refractivity contribution >= 4 is 22.2 Å². The van der Waals surface area contributed by atoms with Gasteiger partial charge in [0.05, 0.1) is 28.7 Å². The molecule has 0 radical (unpaired) electrons. The molecule has 0 atom stereocenters. The molecule has 0 aliphatic rings. The zero-order chi connectivity index (χ0) is 26.6. The second-order valence-corrected chi connectivity index (χ2v) is 9.00. The van der Waals surface area contributed by atoms with Gasteiger partial charge >= 0.3 is 5.69 Å². The molecule has 0 saturated heterocycles. The van der Waals surface area contributed by atoms with Crippen LogP contribution in [0.5, 0.6) is 0 Å². The summed E-state index contributed by atoms with van der Waals surface area (Å²) < 4.78 is 19.2. The van der Waals surface area contributed by atoms with E-state index in [2.05, 4.69) is 10.1 Å². The van der Waals surface area contributed by atoms with E-state index in [9.17, 15) is 18.8 Å². The second kappa shape index (κ2) is 8.77. The van der Waals surface area contributed by atoms with Gasteiger partial charge in [0.15, 0.2) is 5.82 Å². The van der Waals surface area contributed by atoms with E-state index in [0.717, 1.165) is 15.8 Å². The minimum absolute atomic E-state index is 0.0289. The number of fused-ring (bicyclic) bond motifs is 2. The molecule has 2 aromatic carbocycles. The Morgan fingerprint density at radius 3 is 2.47 bits per heavy atom. The Bertz CT molecular complexity index is 2000. The highest BCUT2D eigenvalue weighted by molar-refractivity contribution is 6.09. The minimum atomic E-state index is -0.536. The molecule has 6 rings (SSSR count). The average Bonchev–Trinajstić information content (AvgIpc) is 3.53. The van der Waals surface area contributed by atoms with Crippen LogP contribution in [0.1, 0.15) is 21.7 Å². The first kappa shape index (κ1) is 23.3. The lowest BCUT2D eigenvalue weighted by Gasteiger charge is -2.12. The van der Waals surface area contributed by atoms with Crippen LogP contribution >= 0.6 is 0 Å². The minimum Gasteiger partial charge on any atom is -0.296 e. The Labute approximate surface area is 214 Å². The van der Waals surface area contributed by atoms with Crippen molar-refractivity contribution < 1.29 is 9.18 Å². The fourth-order valence-electron chi connectivity index (χ4n) is 4.69. The van der Waals surface area contributed by atoms with Gasteiger partial charge in [-0.2, -0.15) is 5.10 Å². The van der Waals surface area contributed by atoms with Crippen molar-refractivity contribution in [1.29, 1.82) is 0 Å². The van der Waals surface area contributed by atoms with Crippen molar-refractivity contribution in [3.05, 3.63) is 123 Å². The van der Waals surface area contributed by atoms with Crippen LogP contribution in [0, 0.1) is 5.82 Å². The maximum absolute atomic E-state index is 13.7. The first-order valence-electron chi connectivity index (χ1n) is 11.8. The normalized spacial score (nSPS) is 11.4. The maximum atomic E-state index is 13.7. The molecular formula is C28H21FN6O3.